The molecule has 1 heterocycles. The third kappa shape index (κ3) is 5.32. The molecule has 0 saturated carbocycles. The van der Waals surface area contributed by atoms with Crippen LogP contribution in [0.4, 0.5) is 28.8 Å². The smallest absolute Gasteiger partial charge is 0.247 e. The van der Waals surface area contributed by atoms with E-state index in [1.54, 1.807) is 32.5 Å². The molecule has 0 aliphatic carbocycles. The normalized spacial score (nSPS) is 10.2. The van der Waals surface area contributed by atoms with E-state index < -0.39 is 0 Å². The third-order valence-electron chi connectivity index (χ3n) is 4.35. The van der Waals surface area contributed by atoms with Crippen LogP contribution in [-0.2, 0) is 4.79 Å². The fourth-order valence-electron chi connectivity index (χ4n) is 2.90. The summed E-state index contributed by atoms with van der Waals surface area (Å²) < 4.78 is 11.6. The van der Waals surface area contributed by atoms with Gasteiger partial charge >= 0.3 is 0 Å². The Morgan fingerprint density at radius 2 is 1.90 bits per heavy atom. The van der Waals surface area contributed by atoms with Crippen LogP contribution in [0.25, 0.3) is 0 Å². The highest BCUT2D eigenvalue weighted by Crippen LogP contribution is 2.36. The molecule has 0 atom stereocenters. The molecular formula is C22H22BrN5O3. The monoisotopic (exact) mass is 483 g/mol. The predicted molar refractivity (Wildman–Crippen MR) is 126 cm³/mol. The first-order chi connectivity index (χ1) is 14.9. The zero-order valence-corrected chi connectivity index (χ0v) is 18.9. The van der Waals surface area contributed by atoms with Crippen molar-refractivity contribution in [3.63, 3.8) is 0 Å². The number of hydrogen-bond donors (Lipinski definition) is 3. The fourth-order valence-corrected chi connectivity index (χ4v) is 3.19. The number of amides is 1. The second kappa shape index (κ2) is 9.94. The van der Waals surface area contributed by atoms with Crippen LogP contribution in [0.5, 0.6) is 11.5 Å². The quantitative estimate of drug-likeness (QED) is 0.379. The summed E-state index contributed by atoms with van der Waals surface area (Å²) in [7, 11) is 3.21. The number of nitrogens with zero attached hydrogens (tertiary/aromatic N) is 2. The highest BCUT2D eigenvalue weighted by Gasteiger charge is 2.13. The molecule has 0 bridgehead atoms. The summed E-state index contributed by atoms with van der Waals surface area (Å²) in [4.78, 5) is 20.4. The SMILES string of the molecule is C=CC(=O)Nc1cccc(Nc2nc(Nc3ccc(OC)c(C)c3OC)ncc2Br)c1. The van der Waals surface area contributed by atoms with Crippen LogP contribution in [0.15, 0.2) is 59.7 Å². The topological polar surface area (TPSA) is 97.4 Å². The number of carbonyl (C=O) groups excluding carboxylic acids is 1. The molecule has 0 saturated heterocycles. The van der Waals surface area contributed by atoms with Crippen molar-refractivity contribution in [3.8, 4) is 11.5 Å². The lowest BCUT2D eigenvalue weighted by Crippen LogP contribution is -2.07. The van der Waals surface area contributed by atoms with E-state index in [1.165, 1.54) is 6.08 Å². The predicted octanol–water partition coefficient (Wildman–Crippen LogP) is 5.18. The van der Waals surface area contributed by atoms with Gasteiger partial charge in [-0.05, 0) is 59.3 Å². The largest absolute Gasteiger partial charge is 0.496 e. The van der Waals surface area contributed by atoms with E-state index in [0.717, 1.165) is 17.0 Å². The zero-order chi connectivity index (χ0) is 22.4. The molecule has 160 valence electrons. The van der Waals surface area contributed by atoms with Gasteiger partial charge in [0, 0.05) is 23.1 Å². The molecule has 0 unspecified atom stereocenters. The van der Waals surface area contributed by atoms with Crippen molar-refractivity contribution >= 4 is 50.7 Å². The lowest BCUT2D eigenvalue weighted by molar-refractivity contribution is -0.111. The van der Waals surface area contributed by atoms with E-state index in [2.05, 4.69) is 48.4 Å². The van der Waals surface area contributed by atoms with E-state index in [-0.39, 0.29) is 5.91 Å². The van der Waals surface area contributed by atoms with Crippen LogP contribution in [-0.4, -0.2) is 30.1 Å². The minimum Gasteiger partial charge on any atom is -0.496 e. The summed E-state index contributed by atoms with van der Waals surface area (Å²) in [5.41, 5.74) is 2.95. The molecule has 1 amide bonds. The van der Waals surface area contributed by atoms with Gasteiger partial charge in [0.2, 0.25) is 11.9 Å². The van der Waals surface area contributed by atoms with Crippen LogP contribution < -0.4 is 25.4 Å². The maximum Gasteiger partial charge on any atom is 0.247 e. The Morgan fingerprint density at radius 3 is 2.61 bits per heavy atom. The standard InChI is InChI=1S/C22H22BrN5O3/c1-5-19(29)25-14-7-6-8-15(11-14)26-21-16(23)12-24-22(28-21)27-17-9-10-18(30-3)13(2)20(17)31-4/h5-12H,1H2,2-4H3,(H,25,29)(H2,24,26,27,28). The van der Waals surface area contributed by atoms with Gasteiger partial charge in [0.25, 0.3) is 0 Å². The van der Waals surface area contributed by atoms with Gasteiger partial charge in [0.15, 0.2) is 0 Å². The second-order valence-corrected chi connectivity index (χ2v) is 7.24. The first kappa shape index (κ1) is 22.1. The number of carbonyl (C=O) groups is 1. The van der Waals surface area contributed by atoms with Gasteiger partial charge in [-0.3, -0.25) is 4.79 Å². The lowest BCUT2D eigenvalue weighted by Gasteiger charge is -2.16. The van der Waals surface area contributed by atoms with Crippen molar-refractivity contribution < 1.29 is 14.3 Å². The zero-order valence-electron chi connectivity index (χ0n) is 17.3. The molecule has 3 rings (SSSR count). The molecule has 31 heavy (non-hydrogen) atoms. The second-order valence-electron chi connectivity index (χ2n) is 6.39. The average Bonchev–Trinajstić information content (AvgIpc) is 2.76. The van der Waals surface area contributed by atoms with Crippen LogP contribution in [0.2, 0.25) is 0 Å². The van der Waals surface area contributed by atoms with Crippen molar-refractivity contribution in [1.82, 2.24) is 9.97 Å². The number of halogens is 1. The highest BCUT2D eigenvalue weighted by atomic mass is 79.9. The van der Waals surface area contributed by atoms with Gasteiger partial charge in [0.05, 0.1) is 24.4 Å². The van der Waals surface area contributed by atoms with Gasteiger partial charge in [-0.15, -0.1) is 0 Å². The first-order valence-electron chi connectivity index (χ1n) is 9.26. The number of ether oxygens (including phenoxy) is 2. The Balaban J connectivity index is 1.85. The van der Waals surface area contributed by atoms with Crippen LogP contribution in [0, 0.1) is 6.92 Å². The molecular weight excluding hydrogens is 462 g/mol. The number of nitrogens with one attached hydrogen (secondary N) is 3. The highest BCUT2D eigenvalue weighted by molar-refractivity contribution is 9.10. The number of anilines is 5. The fraction of sp³-hybridized carbons (Fsp3) is 0.136. The Labute approximate surface area is 188 Å². The summed E-state index contributed by atoms with van der Waals surface area (Å²) in [6.07, 6.45) is 2.86. The minimum absolute atomic E-state index is 0.282. The number of aromatic nitrogens is 2. The molecule has 3 aromatic rings. The Bertz CT molecular complexity index is 1120. The van der Waals surface area contributed by atoms with E-state index in [4.69, 9.17) is 9.47 Å². The van der Waals surface area contributed by atoms with E-state index >= 15 is 0 Å². The summed E-state index contributed by atoms with van der Waals surface area (Å²) >= 11 is 3.46. The van der Waals surface area contributed by atoms with E-state index in [9.17, 15) is 4.79 Å². The van der Waals surface area contributed by atoms with Crippen LogP contribution >= 0.6 is 15.9 Å². The Morgan fingerprint density at radius 1 is 1.13 bits per heavy atom. The molecule has 3 N–H and O–H groups in total. The van der Waals surface area contributed by atoms with Crippen molar-refractivity contribution in [2.75, 3.05) is 30.2 Å². The van der Waals surface area contributed by atoms with Crippen LogP contribution in [0.1, 0.15) is 5.56 Å². The number of methoxy groups -OCH3 is 2. The van der Waals surface area contributed by atoms with Gasteiger partial charge in [-0.2, -0.15) is 4.98 Å². The molecule has 1 aromatic heterocycles. The van der Waals surface area contributed by atoms with Crippen molar-refractivity contribution in [1.29, 1.82) is 0 Å². The average molecular weight is 484 g/mol. The van der Waals surface area contributed by atoms with E-state index in [0.29, 0.717) is 33.4 Å². The summed E-state index contributed by atoms with van der Waals surface area (Å²) in [5, 5.41) is 9.13. The number of hydrogen-bond acceptors (Lipinski definition) is 7. The van der Waals surface area contributed by atoms with Crippen molar-refractivity contribution in [3.05, 3.63) is 65.3 Å². The maximum atomic E-state index is 11.5. The molecule has 9 heteroatoms. The maximum absolute atomic E-state index is 11.5. The molecule has 8 nitrogen and oxygen atoms in total. The molecule has 0 fully saturated rings. The third-order valence-corrected chi connectivity index (χ3v) is 4.93. The molecule has 0 aliphatic rings. The Kier molecular flexibility index (Phi) is 7.09. The molecule has 0 radical (unpaired) electrons. The Hall–Kier alpha value is -3.59. The summed E-state index contributed by atoms with van der Waals surface area (Å²) in [6, 6.07) is 10.9. The van der Waals surface area contributed by atoms with Gasteiger partial charge < -0.3 is 25.4 Å². The van der Waals surface area contributed by atoms with Gasteiger partial charge in [0.1, 0.15) is 17.3 Å². The van der Waals surface area contributed by atoms with Crippen LogP contribution in [0.3, 0.4) is 0 Å². The molecule has 2 aromatic carbocycles. The molecule has 0 aliphatic heterocycles. The summed E-state index contributed by atoms with van der Waals surface area (Å²) in [6.45, 7) is 5.37. The first-order valence-corrected chi connectivity index (χ1v) is 10.1. The van der Waals surface area contributed by atoms with Crippen molar-refractivity contribution in [2.45, 2.75) is 6.92 Å². The minimum atomic E-state index is -0.282. The molecule has 0 spiro atoms. The lowest BCUT2D eigenvalue weighted by atomic mass is 10.1. The van der Waals surface area contributed by atoms with E-state index in [1.807, 2.05) is 31.2 Å². The number of benzene rings is 2. The van der Waals surface area contributed by atoms with Crippen molar-refractivity contribution in [2.24, 2.45) is 0 Å². The van der Waals surface area contributed by atoms with Gasteiger partial charge in [-0.1, -0.05) is 12.6 Å². The van der Waals surface area contributed by atoms with Gasteiger partial charge in [-0.25, -0.2) is 4.98 Å². The number of rotatable bonds is 8. The summed E-state index contributed by atoms with van der Waals surface area (Å²) in [5.74, 6) is 2.02.